The van der Waals surface area contributed by atoms with Crippen molar-refractivity contribution in [1.82, 2.24) is 4.90 Å². The molecule has 0 bridgehead atoms. The molecule has 2 aromatic rings. The summed E-state index contributed by atoms with van der Waals surface area (Å²) in [6.45, 7) is 0.644. The first-order valence-corrected chi connectivity index (χ1v) is 10.7. The summed E-state index contributed by atoms with van der Waals surface area (Å²) in [5, 5.41) is 14.9. The molecule has 3 N–H and O–H groups in total. The molecule has 132 valence electrons. The maximum Gasteiger partial charge on any atom is 0.247 e. The van der Waals surface area contributed by atoms with Gasteiger partial charge in [-0.25, -0.2) is 22.0 Å². The maximum atomic E-state index is 12.7. The molecule has 0 spiro atoms. The number of hydrogen-bond acceptors (Lipinski definition) is 7. The van der Waals surface area contributed by atoms with E-state index in [0.29, 0.717) is 29.9 Å². The fourth-order valence-corrected chi connectivity index (χ4v) is 5.63. The van der Waals surface area contributed by atoms with Crippen LogP contribution < -0.4 is 5.14 Å². The lowest BCUT2D eigenvalue weighted by Gasteiger charge is -2.11. The van der Waals surface area contributed by atoms with Gasteiger partial charge in [0.2, 0.25) is 19.9 Å². The van der Waals surface area contributed by atoms with Gasteiger partial charge in [-0.15, -0.1) is 11.3 Å². The van der Waals surface area contributed by atoms with E-state index >= 15 is 0 Å². The van der Waals surface area contributed by atoms with Crippen LogP contribution in [-0.4, -0.2) is 47.5 Å². The van der Waals surface area contributed by atoms with E-state index in [9.17, 15) is 21.9 Å². The van der Waals surface area contributed by atoms with Crippen molar-refractivity contribution in [2.45, 2.75) is 19.7 Å². The SMILES string of the molecule is CN(C)CCc1cc(S(=O)(=O)c2ccc(S(N)(=O)=O)s2)ccc1O. The molecule has 0 aliphatic carbocycles. The van der Waals surface area contributed by atoms with Gasteiger partial charge >= 0.3 is 0 Å². The monoisotopic (exact) mass is 390 g/mol. The zero-order valence-corrected chi connectivity index (χ0v) is 15.6. The number of phenolic OH excluding ortho intramolecular Hbond substituents is 1. The van der Waals surface area contributed by atoms with Crippen LogP contribution in [0.2, 0.25) is 0 Å². The summed E-state index contributed by atoms with van der Waals surface area (Å²) in [5.41, 5.74) is 0.507. The Balaban J connectivity index is 2.42. The Kier molecular flexibility index (Phi) is 5.35. The van der Waals surface area contributed by atoms with E-state index in [4.69, 9.17) is 5.14 Å². The summed E-state index contributed by atoms with van der Waals surface area (Å²) >= 11 is 0.598. The Morgan fingerprint density at radius 3 is 2.25 bits per heavy atom. The first kappa shape index (κ1) is 18.9. The van der Waals surface area contributed by atoms with E-state index in [2.05, 4.69) is 0 Å². The van der Waals surface area contributed by atoms with Gasteiger partial charge in [-0.1, -0.05) is 0 Å². The summed E-state index contributed by atoms with van der Waals surface area (Å²) in [4.78, 5) is 1.91. The Bertz CT molecular complexity index is 947. The maximum absolute atomic E-state index is 12.7. The molecular formula is C14H18N2O5S3. The molecule has 0 aliphatic rings. The predicted molar refractivity (Wildman–Crippen MR) is 91.5 cm³/mol. The van der Waals surface area contributed by atoms with Gasteiger partial charge in [-0.05, 0) is 56.4 Å². The van der Waals surface area contributed by atoms with Crippen LogP contribution in [0.3, 0.4) is 0 Å². The fourth-order valence-electron chi connectivity index (χ4n) is 1.99. The van der Waals surface area contributed by atoms with Crippen LogP contribution in [0.4, 0.5) is 0 Å². The lowest BCUT2D eigenvalue weighted by molar-refractivity contribution is 0.406. The highest BCUT2D eigenvalue weighted by atomic mass is 32.3. The van der Waals surface area contributed by atoms with Crippen molar-refractivity contribution in [3.05, 3.63) is 35.9 Å². The lowest BCUT2D eigenvalue weighted by Crippen LogP contribution is -2.15. The number of likely N-dealkylation sites (N-methyl/N-ethyl adjacent to an activating group) is 1. The van der Waals surface area contributed by atoms with Crippen molar-refractivity contribution in [3.63, 3.8) is 0 Å². The number of aromatic hydroxyl groups is 1. The van der Waals surface area contributed by atoms with Gasteiger partial charge in [-0.3, -0.25) is 0 Å². The average molecular weight is 391 g/mol. The Hall–Kier alpha value is -1.46. The van der Waals surface area contributed by atoms with E-state index in [-0.39, 0.29) is 19.1 Å². The number of thiophene rings is 1. The molecule has 7 nitrogen and oxygen atoms in total. The summed E-state index contributed by atoms with van der Waals surface area (Å²) in [6.07, 6.45) is 0.481. The average Bonchev–Trinajstić information content (AvgIpc) is 2.96. The summed E-state index contributed by atoms with van der Waals surface area (Å²) in [5.74, 6) is 0.0206. The number of sulfonamides is 1. The summed E-state index contributed by atoms with van der Waals surface area (Å²) in [6, 6.07) is 6.41. The van der Waals surface area contributed by atoms with Crippen molar-refractivity contribution in [1.29, 1.82) is 0 Å². The summed E-state index contributed by atoms with van der Waals surface area (Å²) < 4.78 is 47.6. The molecule has 0 saturated carbocycles. The van der Waals surface area contributed by atoms with Crippen LogP contribution in [-0.2, 0) is 26.3 Å². The van der Waals surface area contributed by atoms with E-state index < -0.39 is 19.9 Å². The van der Waals surface area contributed by atoms with Crippen molar-refractivity contribution in [2.75, 3.05) is 20.6 Å². The molecule has 1 heterocycles. The predicted octanol–water partition coefficient (Wildman–Crippen LogP) is 1.04. The van der Waals surface area contributed by atoms with Crippen molar-refractivity contribution >= 4 is 31.2 Å². The normalized spacial score (nSPS) is 12.7. The van der Waals surface area contributed by atoms with Gasteiger partial charge in [0.15, 0.2) is 0 Å². The Morgan fingerprint density at radius 2 is 1.71 bits per heavy atom. The topological polar surface area (TPSA) is 118 Å². The molecule has 1 aromatic carbocycles. The first-order chi connectivity index (χ1) is 11.0. The molecular weight excluding hydrogens is 372 g/mol. The van der Waals surface area contributed by atoms with Crippen molar-refractivity contribution in [3.8, 4) is 5.75 Å². The first-order valence-electron chi connectivity index (χ1n) is 6.86. The fraction of sp³-hybridized carbons (Fsp3) is 0.286. The van der Waals surface area contributed by atoms with E-state index in [1.165, 1.54) is 30.3 Å². The molecule has 0 saturated heterocycles. The molecule has 10 heteroatoms. The number of nitrogens with zero attached hydrogens (tertiary/aromatic N) is 1. The van der Waals surface area contributed by atoms with Gasteiger partial charge < -0.3 is 10.0 Å². The number of phenols is 1. The van der Waals surface area contributed by atoms with Gasteiger partial charge in [0.05, 0.1) is 4.90 Å². The third kappa shape index (κ3) is 4.14. The minimum atomic E-state index is -3.95. The lowest BCUT2D eigenvalue weighted by atomic mass is 10.1. The molecule has 0 atom stereocenters. The highest BCUT2D eigenvalue weighted by Gasteiger charge is 2.23. The number of nitrogens with two attached hydrogens (primary N) is 1. The highest BCUT2D eigenvalue weighted by molar-refractivity contribution is 7.95. The van der Waals surface area contributed by atoms with Crippen molar-refractivity contribution < 1.29 is 21.9 Å². The quantitative estimate of drug-likeness (QED) is 0.761. The molecule has 0 fully saturated rings. The minimum absolute atomic E-state index is 0.00289. The zero-order chi connectivity index (χ0) is 18.1. The van der Waals surface area contributed by atoms with Gasteiger partial charge in [0, 0.05) is 6.54 Å². The van der Waals surface area contributed by atoms with Crippen LogP contribution in [0, 0.1) is 0 Å². The van der Waals surface area contributed by atoms with Crippen LogP contribution in [0.1, 0.15) is 5.56 Å². The molecule has 0 amide bonds. The minimum Gasteiger partial charge on any atom is -0.508 e. The Labute approximate surface area is 145 Å². The summed E-state index contributed by atoms with van der Waals surface area (Å²) in [7, 11) is -4.09. The van der Waals surface area contributed by atoms with E-state index in [0.717, 1.165) is 0 Å². The molecule has 0 unspecified atom stereocenters. The van der Waals surface area contributed by atoms with Crippen LogP contribution in [0.5, 0.6) is 5.75 Å². The smallest absolute Gasteiger partial charge is 0.247 e. The number of rotatable bonds is 6. The molecule has 0 radical (unpaired) electrons. The third-order valence-electron chi connectivity index (χ3n) is 3.29. The van der Waals surface area contributed by atoms with Crippen LogP contribution in [0.25, 0.3) is 0 Å². The van der Waals surface area contributed by atoms with Gasteiger partial charge in [-0.2, -0.15) is 0 Å². The number of primary sulfonamides is 1. The standard InChI is InChI=1S/C14H18N2O5S3/c1-16(2)8-7-10-9-11(3-4-12(10)17)23(18,19)13-5-6-14(22-13)24(15,20)21/h3-6,9,17H,7-8H2,1-2H3,(H2,15,20,21). The molecule has 2 rings (SSSR count). The Morgan fingerprint density at radius 1 is 1.08 bits per heavy atom. The largest absolute Gasteiger partial charge is 0.508 e. The molecule has 1 aromatic heterocycles. The zero-order valence-electron chi connectivity index (χ0n) is 13.1. The van der Waals surface area contributed by atoms with Crippen LogP contribution in [0.15, 0.2) is 43.6 Å². The molecule has 0 aliphatic heterocycles. The second-order valence-electron chi connectivity index (χ2n) is 5.47. The van der Waals surface area contributed by atoms with Gasteiger partial charge in [0.25, 0.3) is 0 Å². The second-order valence-corrected chi connectivity index (χ2v) is 10.5. The third-order valence-corrected chi connectivity index (χ3v) is 8.06. The van der Waals surface area contributed by atoms with E-state index in [1.54, 1.807) is 0 Å². The number of benzene rings is 1. The van der Waals surface area contributed by atoms with Crippen LogP contribution >= 0.6 is 11.3 Å². The second kappa shape index (κ2) is 6.81. The van der Waals surface area contributed by atoms with E-state index in [1.807, 2.05) is 19.0 Å². The van der Waals surface area contributed by atoms with Gasteiger partial charge in [0.1, 0.15) is 14.2 Å². The highest BCUT2D eigenvalue weighted by Crippen LogP contribution is 2.31. The molecule has 24 heavy (non-hydrogen) atoms. The number of hydrogen-bond donors (Lipinski definition) is 2. The number of sulfone groups is 1. The van der Waals surface area contributed by atoms with Crippen molar-refractivity contribution in [2.24, 2.45) is 5.14 Å².